The van der Waals surface area contributed by atoms with E-state index in [0.717, 1.165) is 38.7 Å². The molecule has 1 heterocycles. The number of halogens is 2. The van der Waals surface area contributed by atoms with E-state index >= 15 is 0 Å². The zero-order chi connectivity index (χ0) is 13.0. The van der Waals surface area contributed by atoms with Gasteiger partial charge in [-0.3, -0.25) is 0 Å². The molecule has 0 saturated carbocycles. The molecular formula is C14H19ClFNO. The molecule has 0 radical (unpaired) electrons. The molecular weight excluding hydrogens is 253 g/mol. The molecule has 1 saturated heterocycles. The topological polar surface area (TPSA) is 35.2 Å². The highest BCUT2D eigenvalue weighted by Gasteiger charge is 2.18. The van der Waals surface area contributed by atoms with Crippen LogP contribution in [-0.2, 0) is 4.74 Å². The Morgan fingerprint density at radius 1 is 1.50 bits per heavy atom. The number of hydrogen-bond acceptors (Lipinski definition) is 2. The van der Waals surface area contributed by atoms with E-state index in [2.05, 4.69) is 0 Å². The van der Waals surface area contributed by atoms with Crippen molar-refractivity contribution in [3.05, 3.63) is 34.6 Å². The van der Waals surface area contributed by atoms with Gasteiger partial charge < -0.3 is 10.5 Å². The van der Waals surface area contributed by atoms with Crippen LogP contribution in [0.15, 0.2) is 18.2 Å². The highest BCUT2D eigenvalue weighted by atomic mass is 35.5. The van der Waals surface area contributed by atoms with Crippen molar-refractivity contribution in [3.63, 3.8) is 0 Å². The van der Waals surface area contributed by atoms with Crippen LogP contribution in [0.3, 0.4) is 0 Å². The van der Waals surface area contributed by atoms with Crippen LogP contribution < -0.4 is 5.73 Å². The van der Waals surface area contributed by atoms with Gasteiger partial charge >= 0.3 is 0 Å². The zero-order valence-corrected chi connectivity index (χ0v) is 11.1. The second-order valence-electron chi connectivity index (χ2n) is 4.81. The van der Waals surface area contributed by atoms with Gasteiger partial charge in [-0.1, -0.05) is 17.7 Å². The molecule has 18 heavy (non-hydrogen) atoms. The van der Waals surface area contributed by atoms with E-state index in [1.807, 2.05) is 0 Å². The minimum absolute atomic E-state index is 0.313. The number of benzene rings is 1. The third kappa shape index (κ3) is 3.44. The predicted octanol–water partition coefficient (Wildman–Crippen LogP) is 3.83. The zero-order valence-electron chi connectivity index (χ0n) is 10.4. The van der Waals surface area contributed by atoms with Gasteiger partial charge in [-0.15, -0.1) is 0 Å². The van der Waals surface area contributed by atoms with Gasteiger partial charge in [0, 0.05) is 23.2 Å². The summed E-state index contributed by atoms with van der Waals surface area (Å²) >= 11 is 5.99. The monoisotopic (exact) mass is 271 g/mol. The minimum Gasteiger partial charge on any atom is -0.378 e. The van der Waals surface area contributed by atoms with Crippen molar-refractivity contribution in [1.82, 2.24) is 0 Å². The van der Waals surface area contributed by atoms with Crippen LogP contribution in [0.4, 0.5) is 4.39 Å². The molecule has 2 N–H and O–H groups in total. The fourth-order valence-corrected chi connectivity index (χ4v) is 2.75. The third-order valence-corrected chi connectivity index (χ3v) is 3.77. The van der Waals surface area contributed by atoms with Crippen LogP contribution in [0, 0.1) is 5.82 Å². The maximum Gasteiger partial charge on any atom is 0.129 e. The van der Waals surface area contributed by atoms with Crippen molar-refractivity contribution < 1.29 is 9.13 Å². The molecule has 2 unspecified atom stereocenters. The van der Waals surface area contributed by atoms with Crippen molar-refractivity contribution in [2.75, 3.05) is 6.61 Å². The van der Waals surface area contributed by atoms with Gasteiger partial charge in [0.15, 0.2) is 0 Å². The molecule has 1 aromatic rings. The molecule has 100 valence electrons. The van der Waals surface area contributed by atoms with Crippen molar-refractivity contribution in [2.45, 2.75) is 44.2 Å². The van der Waals surface area contributed by atoms with Crippen molar-refractivity contribution >= 4 is 11.6 Å². The summed E-state index contributed by atoms with van der Waals surface area (Å²) in [7, 11) is 0. The van der Waals surface area contributed by atoms with Crippen LogP contribution in [0.2, 0.25) is 5.02 Å². The largest absolute Gasteiger partial charge is 0.378 e. The van der Waals surface area contributed by atoms with Crippen LogP contribution in [0.5, 0.6) is 0 Å². The second-order valence-corrected chi connectivity index (χ2v) is 5.21. The van der Waals surface area contributed by atoms with Crippen molar-refractivity contribution in [3.8, 4) is 0 Å². The SMILES string of the molecule is NC(CCCC1CCCO1)c1c(F)cccc1Cl. The molecule has 4 heteroatoms. The van der Waals surface area contributed by atoms with Gasteiger partial charge in [0.2, 0.25) is 0 Å². The molecule has 1 aromatic carbocycles. The summed E-state index contributed by atoms with van der Waals surface area (Å²) in [5.74, 6) is -0.313. The normalized spacial score (nSPS) is 21.2. The number of nitrogens with two attached hydrogens (primary N) is 1. The van der Waals surface area contributed by atoms with Crippen LogP contribution in [0.25, 0.3) is 0 Å². The van der Waals surface area contributed by atoms with E-state index in [-0.39, 0.29) is 11.9 Å². The molecule has 1 fully saturated rings. The quantitative estimate of drug-likeness (QED) is 0.883. The predicted molar refractivity (Wildman–Crippen MR) is 71.2 cm³/mol. The molecule has 2 nitrogen and oxygen atoms in total. The third-order valence-electron chi connectivity index (χ3n) is 3.44. The van der Waals surface area contributed by atoms with Crippen LogP contribution in [0.1, 0.15) is 43.7 Å². The van der Waals surface area contributed by atoms with Gasteiger partial charge in [0.1, 0.15) is 5.82 Å². The van der Waals surface area contributed by atoms with Crippen LogP contribution >= 0.6 is 11.6 Å². The van der Waals surface area contributed by atoms with Gasteiger partial charge in [-0.2, -0.15) is 0 Å². The maximum atomic E-state index is 13.6. The number of hydrogen-bond donors (Lipinski definition) is 1. The summed E-state index contributed by atoms with van der Waals surface area (Å²) < 4.78 is 19.2. The average Bonchev–Trinajstić information content (AvgIpc) is 2.82. The van der Waals surface area contributed by atoms with Crippen LogP contribution in [-0.4, -0.2) is 12.7 Å². The summed E-state index contributed by atoms with van der Waals surface area (Å²) in [6, 6.07) is 4.35. The highest BCUT2D eigenvalue weighted by molar-refractivity contribution is 6.31. The van der Waals surface area contributed by atoms with Crippen molar-refractivity contribution in [1.29, 1.82) is 0 Å². The first-order chi connectivity index (χ1) is 8.68. The Balaban J connectivity index is 1.85. The van der Waals surface area contributed by atoms with Gasteiger partial charge in [-0.05, 0) is 44.2 Å². The smallest absolute Gasteiger partial charge is 0.129 e. The van der Waals surface area contributed by atoms with Gasteiger partial charge in [-0.25, -0.2) is 4.39 Å². The lowest BCUT2D eigenvalue weighted by Gasteiger charge is -2.15. The molecule has 1 aliphatic heterocycles. The Morgan fingerprint density at radius 2 is 2.33 bits per heavy atom. The Hall–Kier alpha value is -0.640. The first kappa shape index (κ1) is 13.8. The highest BCUT2D eigenvalue weighted by Crippen LogP contribution is 2.28. The second kappa shape index (κ2) is 6.50. The fourth-order valence-electron chi connectivity index (χ4n) is 2.45. The first-order valence-electron chi connectivity index (χ1n) is 6.49. The van der Waals surface area contributed by atoms with Crippen molar-refractivity contribution in [2.24, 2.45) is 5.73 Å². The molecule has 2 atom stereocenters. The van der Waals surface area contributed by atoms with E-state index in [0.29, 0.717) is 16.7 Å². The van der Waals surface area contributed by atoms with E-state index in [9.17, 15) is 4.39 Å². The lowest BCUT2D eigenvalue weighted by atomic mass is 9.99. The maximum absolute atomic E-state index is 13.6. The number of ether oxygens (including phenoxy) is 1. The Bertz CT molecular complexity index is 373. The standard InChI is InChI=1S/C14H19ClFNO/c15-11-6-2-7-12(16)14(11)13(17)8-1-4-10-5-3-9-18-10/h2,6-7,10,13H,1,3-5,8-9,17H2. The molecule has 0 aliphatic carbocycles. The number of rotatable bonds is 5. The summed E-state index contributed by atoms with van der Waals surface area (Å²) in [4.78, 5) is 0. The summed E-state index contributed by atoms with van der Waals surface area (Å²) in [6.07, 6.45) is 5.33. The van der Waals surface area contributed by atoms with E-state index in [4.69, 9.17) is 22.1 Å². The lowest BCUT2D eigenvalue weighted by molar-refractivity contribution is 0.101. The van der Waals surface area contributed by atoms with E-state index < -0.39 is 0 Å². The first-order valence-corrected chi connectivity index (χ1v) is 6.87. The Kier molecular flexibility index (Phi) is 4.98. The molecule has 0 amide bonds. The molecule has 1 aliphatic rings. The summed E-state index contributed by atoms with van der Waals surface area (Å²) in [5, 5.41) is 0.416. The molecule has 0 aromatic heterocycles. The van der Waals surface area contributed by atoms with Gasteiger partial charge in [0.05, 0.1) is 6.10 Å². The molecule has 0 bridgehead atoms. The Labute approximate surface area is 112 Å². The van der Waals surface area contributed by atoms with E-state index in [1.54, 1.807) is 12.1 Å². The molecule has 0 spiro atoms. The summed E-state index contributed by atoms with van der Waals surface area (Å²) in [5.41, 5.74) is 6.45. The molecule has 2 rings (SSSR count). The average molecular weight is 272 g/mol. The minimum atomic E-state index is -0.333. The fraction of sp³-hybridized carbons (Fsp3) is 0.571. The summed E-state index contributed by atoms with van der Waals surface area (Å²) in [6.45, 7) is 0.871. The Morgan fingerprint density at radius 3 is 3.00 bits per heavy atom. The lowest BCUT2D eigenvalue weighted by Crippen LogP contribution is -2.14. The van der Waals surface area contributed by atoms with Gasteiger partial charge in [0.25, 0.3) is 0 Å². The van der Waals surface area contributed by atoms with E-state index in [1.165, 1.54) is 6.07 Å².